The minimum absolute atomic E-state index is 0.00585. The highest BCUT2D eigenvalue weighted by Gasteiger charge is 2.33. The molecule has 1 N–H and O–H groups in total. The fraction of sp³-hybridized carbons (Fsp3) is 0.341. The van der Waals surface area contributed by atoms with E-state index < -0.39 is 16.3 Å². The topological polar surface area (TPSA) is 109 Å². The maximum absolute atomic E-state index is 14.0. The summed E-state index contributed by atoms with van der Waals surface area (Å²) >= 11 is 0. The van der Waals surface area contributed by atoms with Crippen LogP contribution in [0.25, 0.3) is 11.1 Å². The minimum atomic E-state index is -3.92. The van der Waals surface area contributed by atoms with Crippen LogP contribution in [0.4, 0.5) is 0 Å². The van der Waals surface area contributed by atoms with E-state index in [9.17, 15) is 18.3 Å². The van der Waals surface area contributed by atoms with Gasteiger partial charge in [0.1, 0.15) is 5.75 Å². The molecule has 3 aliphatic rings. The second-order valence-electron chi connectivity index (χ2n) is 13.4. The molecule has 52 heavy (non-hydrogen) atoms. The second-order valence-corrected chi connectivity index (χ2v) is 15.3. The molecular weight excluding hydrogens is 679 g/mol. The van der Waals surface area contributed by atoms with Crippen molar-refractivity contribution in [3.63, 3.8) is 0 Å². The smallest absolute Gasteiger partial charge is 0.288 e. The highest BCUT2D eigenvalue weighted by atomic mass is 32.2. The number of aliphatic hydroxyl groups is 1. The highest BCUT2D eigenvalue weighted by molar-refractivity contribution is 7.89. The number of carbonyl (C=O) groups is 1. The SMILES string of the molecule is COc1ccc(S(=O)(=O)N(CCO)CCO[C@H]2C[C@@H](c3ccc4c(c3)Cc3ccccc3-4)C=C(C(=O)N3CCN(Cc4ccccc4)CC3)O2)cc1. The van der Waals surface area contributed by atoms with Crippen LogP contribution in [0.15, 0.2) is 114 Å². The molecule has 7 rings (SSSR count). The van der Waals surface area contributed by atoms with Crippen LogP contribution in [0, 0.1) is 0 Å². The zero-order valence-corrected chi connectivity index (χ0v) is 30.2. The molecule has 10 nitrogen and oxygen atoms in total. The Morgan fingerprint density at radius 1 is 0.885 bits per heavy atom. The van der Waals surface area contributed by atoms with Crippen molar-refractivity contribution in [2.75, 3.05) is 59.6 Å². The van der Waals surface area contributed by atoms with Crippen molar-refractivity contribution in [1.29, 1.82) is 0 Å². The quantitative estimate of drug-likeness (QED) is 0.181. The minimum Gasteiger partial charge on any atom is -0.497 e. The molecule has 0 radical (unpaired) electrons. The zero-order chi connectivity index (χ0) is 36.1. The normalized spacial score (nSPS) is 18.8. The van der Waals surface area contributed by atoms with E-state index in [2.05, 4.69) is 59.5 Å². The Labute approximate surface area is 305 Å². The summed E-state index contributed by atoms with van der Waals surface area (Å²) in [5.41, 5.74) is 7.36. The molecule has 1 saturated heterocycles. The molecule has 1 fully saturated rings. The number of sulfonamides is 1. The van der Waals surface area contributed by atoms with E-state index in [1.165, 1.54) is 51.4 Å². The van der Waals surface area contributed by atoms with Crippen molar-refractivity contribution < 1.29 is 32.5 Å². The first-order valence-corrected chi connectivity index (χ1v) is 19.3. The summed E-state index contributed by atoms with van der Waals surface area (Å²) in [7, 11) is -2.40. The van der Waals surface area contributed by atoms with Crippen LogP contribution in [-0.2, 0) is 37.3 Å². The number of methoxy groups -OCH3 is 1. The third-order valence-corrected chi connectivity index (χ3v) is 12.0. The number of rotatable bonds is 13. The van der Waals surface area contributed by atoms with E-state index in [1.807, 2.05) is 29.2 Å². The summed E-state index contributed by atoms with van der Waals surface area (Å²) in [6, 6.07) is 31.4. The van der Waals surface area contributed by atoms with Crippen molar-refractivity contribution in [2.45, 2.75) is 36.5 Å². The van der Waals surface area contributed by atoms with Crippen LogP contribution in [-0.4, -0.2) is 99.4 Å². The molecule has 1 amide bonds. The van der Waals surface area contributed by atoms with Gasteiger partial charge in [0.05, 0.1) is 25.2 Å². The van der Waals surface area contributed by atoms with Gasteiger partial charge in [0.15, 0.2) is 5.76 Å². The monoisotopic (exact) mass is 723 g/mol. The summed E-state index contributed by atoms with van der Waals surface area (Å²) in [5, 5.41) is 9.73. The van der Waals surface area contributed by atoms with Gasteiger partial charge < -0.3 is 24.2 Å². The van der Waals surface area contributed by atoms with Crippen LogP contribution in [0.3, 0.4) is 0 Å². The van der Waals surface area contributed by atoms with Crippen LogP contribution < -0.4 is 4.74 Å². The lowest BCUT2D eigenvalue weighted by atomic mass is 9.90. The molecule has 272 valence electrons. The number of carbonyl (C=O) groups excluding carboxylic acids is 1. The molecule has 0 unspecified atom stereocenters. The summed E-state index contributed by atoms with van der Waals surface area (Å²) in [6.45, 7) is 3.07. The highest BCUT2D eigenvalue weighted by Crippen LogP contribution is 2.40. The van der Waals surface area contributed by atoms with E-state index in [1.54, 1.807) is 12.1 Å². The first kappa shape index (κ1) is 35.9. The molecule has 11 heteroatoms. The predicted molar refractivity (Wildman–Crippen MR) is 198 cm³/mol. The van der Waals surface area contributed by atoms with Gasteiger partial charge in [0, 0.05) is 58.2 Å². The number of piperazine rings is 1. The Kier molecular flexibility index (Phi) is 11.0. The number of allylic oxidation sites excluding steroid dienone is 1. The Bertz CT molecular complexity index is 1990. The van der Waals surface area contributed by atoms with E-state index in [4.69, 9.17) is 14.2 Å². The van der Waals surface area contributed by atoms with Gasteiger partial charge in [-0.25, -0.2) is 8.42 Å². The molecule has 2 aliphatic heterocycles. The third-order valence-electron chi connectivity index (χ3n) is 10.1. The van der Waals surface area contributed by atoms with E-state index in [0.717, 1.165) is 31.6 Å². The lowest BCUT2D eigenvalue weighted by Crippen LogP contribution is -2.49. The second kappa shape index (κ2) is 16.0. The van der Waals surface area contributed by atoms with Crippen molar-refractivity contribution in [2.24, 2.45) is 0 Å². The van der Waals surface area contributed by atoms with Gasteiger partial charge in [-0.2, -0.15) is 4.31 Å². The van der Waals surface area contributed by atoms with Crippen molar-refractivity contribution in [1.82, 2.24) is 14.1 Å². The molecular formula is C41H45N3O7S. The Hall–Kier alpha value is -4.52. The number of hydrogen-bond donors (Lipinski definition) is 1. The van der Waals surface area contributed by atoms with Gasteiger partial charge >= 0.3 is 0 Å². The van der Waals surface area contributed by atoms with Crippen LogP contribution in [0.2, 0.25) is 0 Å². The van der Waals surface area contributed by atoms with Crippen LogP contribution in [0.5, 0.6) is 5.75 Å². The Balaban J connectivity index is 1.06. The fourth-order valence-corrected chi connectivity index (χ4v) is 8.71. The van der Waals surface area contributed by atoms with Gasteiger partial charge in [0.2, 0.25) is 16.3 Å². The van der Waals surface area contributed by atoms with E-state index in [0.29, 0.717) is 25.3 Å². The molecule has 4 aromatic carbocycles. The maximum atomic E-state index is 14.0. The van der Waals surface area contributed by atoms with Crippen molar-refractivity contribution in [3.8, 4) is 16.9 Å². The average Bonchev–Trinajstić information content (AvgIpc) is 3.56. The lowest BCUT2D eigenvalue weighted by molar-refractivity contribution is -0.154. The lowest BCUT2D eigenvalue weighted by Gasteiger charge is -2.37. The average molecular weight is 724 g/mol. The van der Waals surface area contributed by atoms with Crippen LogP contribution in [0.1, 0.15) is 34.6 Å². The van der Waals surface area contributed by atoms with Gasteiger partial charge in [-0.05, 0) is 70.1 Å². The zero-order valence-electron chi connectivity index (χ0n) is 29.4. The first-order chi connectivity index (χ1) is 25.3. The third kappa shape index (κ3) is 7.94. The molecule has 2 heterocycles. The fourth-order valence-electron chi connectivity index (χ4n) is 7.29. The van der Waals surface area contributed by atoms with Gasteiger partial charge in [-0.1, -0.05) is 72.8 Å². The van der Waals surface area contributed by atoms with Gasteiger partial charge in [0.25, 0.3) is 5.91 Å². The molecule has 0 spiro atoms. The van der Waals surface area contributed by atoms with E-state index >= 15 is 0 Å². The number of aliphatic hydroxyl groups excluding tert-OH is 1. The number of amides is 1. The van der Waals surface area contributed by atoms with E-state index in [-0.39, 0.29) is 48.8 Å². The van der Waals surface area contributed by atoms with Crippen molar-refractivity contribution in [3.05, 3.63) is 131 Å². The van der Waals surface area contributed by atoms with Crippen molar-refractivity contribution >= 4 is 15.9 Å². The van der Waals surface area contributed by atoms with Crippen LogP contribution >= 0.6 is 0 Å². The summed E-state index contributed by atoms with van der Waals surface area (Å²) in [5.74, 6) is 0.470. The number of fused-ring (bicyclic) bond motifs is 3. The molecule has 2 atom stereocenters. The van der Waals surface area contributed by atoms with Gasteiger partial charge in [-0.15, -0.1) is 0 Å². The number of nitrogens with zero attached hydrogens (tertiary/aromatic N) is 3. The molecule has 0 saturated carbocycles. The molecule has 4 aromatic rings. The standard InChI is InChI=1S/C41H45N3O7S/c1-49-35-12-14-36(15-13-35)52(47,48)44(21-23-45)22-24-50-40-28-33(31-11-16-38-34(25-31)26-32-9-5-6-10-37(32)38)27-39(51-40)41(46)43-19-17-42(18-20-43)29-30-7-3-2-4-8-30/h2-16,25,27,33,40,45H,17-24,26,28-29H2,1H3/t33-,40+/m0/s1. The number of benzene rings is 4. The molecule has 1 aliphatic carbocycles. The summed E-state index contributed by atoms with van der Waals surface area (Å²) in [6.07, 6.45) is 2.46. The largest absolute Gasteiger partial charge is 0.497 e. The summed E-state index contributed by atoms with van der Waals surface area (Å²) < 4.78 is 45.8. The summed E-state index contributed by atoms with van der Waals surface area (Å²) in [4.78, 5) is 18.3. The predicted octanol–water partition coefficient (Wildman–Crippen LogP) is 5.02. The molecule has 0 bridgehead atoms. The number of hydrogen-bond acceptors (Lipinski definition) is 8. The number of ether oxygens (including phenoxy) is 3. The Morgan fingerprint density at radius 3 is 2.37 bits per heavy atom. The first-order valence-electron chi connectivity index (χ1n) is 17.8. The van der Waals surface area contributed by atoms with Gasteiger partial charge in [-0.3, -0.25) is 9.69 Å². The Morgan fingerprint density at radius 2 is 1.62 bits per heavy atom. The molecule has 0 aromatic heterocycles. The maximum Gasteiger partial charge on any atom is 0.288 e.